The van der Waals surface area contributed by atoms with Crippen LogP contribution in [0.4, 0.5) is 0 Å². The van der Waals surface area contributed by atoms with Gasteiger partial charge in [-0.15, -0.1) is 12.4 Å². The normalized spacial score (nSPS) is 11.5. The first-order chi connectivity index (χ1) is 5.75. The van der Waals surface area contributed by atoms with Crippen molar-refractivity contribution in [2.24, 2.45) is 5.84 Å². The molecule has 0 radical (unpaired) electrons. The fourth-order valence-electron chi connectivity index (χ4n) is 0.938. The summed E-state index contributed by atoms with van der Waals surface area (Å²) in [4.78, 5) is 10.8. The molecule has 0 unspecified atom stereocenters. The minimum Gasteiger partial charge on any atom is -0.279 e. The number of rotatable bonds is 3. The molecule has 0 saturated carbocycles. The molecule has 72 valence electrons. The molecule has 1 aromatic rings. The summed E-state index contributed by atoms with van der Waals surface area (Å²) >= 11 is 5.30. The van der Waals surface area contributed by atoms with Crippen molar-refractivity contribution in [2.45, 2.75) is 6.04 Å². The average molecular weight is 221 g/mol. The molecule has 0 aliphatic rings. The first-order valence-corrected chi connectivity index (χ1v) is 3.84. The van der Waals surface area contributed by atoms with Crippen molar-refractivity contribution in [3.8, 4) is 0 Å². The van der Waals surface area contributed by atoms with Gasteiger partial charge in [0.1, 0.15) is 6.04 Å². The van der Waals surface area contributed by atoms with E-state index >= 15 is 0 Å². The largest absolute Gasteiger partial charge is 0.279 e. The minimum absolute atomic E-state index is 0. The van der Waals surface area contributed by atoms with Crippen molar-refractivity contribution in [1.29, 1.82) is 0 Å². The van der Waals surface area contributed by atoms with Crippen LogP contribution in [0.15, 0.2) is 30.3 Å². The third kappa shape index (κ3) is 3.32. The van der Waals surface area contributed by atoms with Crippen molar-refractivity contribution in [3.63, 3.8) is 0 Å². The lowest BCUT2D eigenvalue weighted by molar-refractivity contribution is -0.113. The van der Waals surface area contributed by atoms with Crippen LogP contribution in [0.1, 0.15) is 11.6 Å². The maximum atomic E-state index is 10.8. The van der Waals surface area contributed by atoms with Crippen LogP contribution in [0, 0.1) is 0 Å². The molecule has 3 nitrogen and oxygen atoms in total. The molecular weight excluding hydrogens is 211 g/mol. The number of carbonyl (C=O) groups excluding carboxylic acids is 1. The predicted octanol–water partition coefficient (Wildman–Crippen LogP) is 1.38. The van der Waals surface area contributed by atoms with Gasteiger partial charge in [0.05, 0.1) is 0 Å². The van der Waals surface area contributed by atoms with Gasteiger partial charge in [-0.05, 0) is 17.2 Å². The van der Waals surface area contributed by atoms with Crippen LogP contribution >= 0.6 is 24.0 Å². The molecule has 0 heterocycles. The van der Waals surface area contributed by atoms with Gasteiger partial charge in [-0.25, -0.2) is 5.43 Å². The quantitative estimate of drug-likeness (QED) is 0.460. The molecule has 0 saturated heterocycles. The fraction of sp³-hybridized carbons (Fsp3) is 0.125. The zero-order valence-corrected chi connectivity index (χ0v) is 8.31. The lowest BCUT2D eigenvalue weighted by atomic mass is 10.1. The van der Waals surface area contributed by atoms with Crippen molar-refractivity contribution in [1.82, 2.24) is 5.43 Å². The summed E-state index contributed by atoms with van der Waals surface area (Å²) < 4.78 is 0. The fourth-order valence-corrected chi connectivity index (χ4v) is 1.13. The van der Waals surface area contributed by atoms with E-state index in [0.717, 1.165) is 5.56 Å². The second-order valence-corrected chi connectivity index (χ2v) is 2.69. The van der Waals surface area contributed by atoms with Crippen molar-refractivity contribution in [2.75, 3.05) is 0 Å². The summed E-state index contributed by atoms with van der Waals surface area (Å²) in [6, 6.07) is 8.44. The van der Waals surface area contributed by atoms with Crippen molar-refractivity contribution < 1.29 is 4.79 Å². The lowest BCUT2D eigenvalue weighted by Crippen LogP contribution is -2.31. The summed E-state index contributed by atoms with van der Waals surface area (Å²) in [6.07, 6.45) is 0. The number of hydrogen-bond acceptors (Lipinski definition) is 3. The highest BCUT2D eigenvalue weighted by atomic mass is 35.5. The highest BCUT2D eigenvalue weighted by Crippen LogP contribution is 2.13. The summed E-state index contributed by atoms with van der Waals surface area (Å²) in [5.74, 6) is 5.15. The number of nitrogens with two attached hydrogens (primary N) is 1. The SMILES string of the molecule is Cl.NN[C@@H](C(=O)Cl)c1ccccc1. The summed E-state index contributed by atoms with van der Waals surface area (Å²) in [5.41, 5.74) is 3.10. The van der Waals surface area contributed by atoms with E-state index in [2.05, 4.69) is 5.43 Å². The van der Waals surface area contributed by atoms with Crippen molar-refractivity contribution >= 4 is 29.3 Å². The van der Waals surface area contributed by atoms with Gasteiger partial charge in [-0.3, -0.25) is 10.6 Å². The van der Waals surface area contributed by atoms with Crippen LogP contribution in [-0.2, 0) is 4.79 Å². The number of hydrogen-bond donors (Lipinski definition) is 2. The van der Waals surface area contributed by atoms with Crippen LogP contribution in [0.3, 0.4) is 0 Å². The van der Waals surface area contributed by atoms with Gasteiger partial charge in [0.2, 0.25) is 5.24 Å². The van der Waals surface area contributed by atoms with Crippen molar-refractivity contribution in [3.05, 3.63) is 35.9 Å². The van der Waals surface area contributed by atoms with Gasteiger partial charge in [-0.2, -0.15) is 0 Å². The molecule has 0 fully saturated rings. The molecule has 1 aromatic carbocycles. The van der Waals surface area contributed by atoms with E-state index in [4.69, 9.17) is 17.4 Å². The molecule has 0 aliphatic carbocycles. The second kappa shape index (κ2) is 5.94. The smallest absolute Gasteiger partial charge is 0.244 e. The zero-order chi connectivity index (χ0) is 8.97. The van der Waals surface area contributed by atoms with Gasteiger partial charge in [0.25, 0.3) is 0 Å². The Balaban J connectivity index is 0.00000144. The van der Waals surface area contributed by atoms with E-state index in [0.29, 0.717) is 0 Å². The Morgan fingerprint density at radius 1 is 1.38 bits per heavy atom. The van der Waals surface area contributed by atoms with Crippen LogP contribution in [0.2, 0.25) is 0 Å². The maximum Gasteiger partial charge on any atom is 0.244 e. The third-order valence-corrected chi connectivity index (χ3v) is 1.74. The zero-order valence-electron chi connectivity index (χ0n) is 6.74. The molecule has 3 N–H and O–H groups in total. The second-order valence-electron chi connectivity index (χ2n) is 2.31. The van der Waals surface area contributed by atoms with E-state index in [1.54, 1.807) is 12.1 Å². The van der Waals surface area contributed by atoms with Gasteiger partial charge in [-0.1, -0.05) is 30.3 Å². The summed E-state index contributed by atoms with van der Waals surface area (Å²) in [6.45, 7) is 0. The van der Waals surface area contributed by atoms with Crippen LogP contribution in [-0.4, -0.2) is 5.24 Å². The van der Waals surface area contributed by atoms with E-state index in [1.165, 1.54) is 0 Å². The van der Waals surface area contributed by atoms with Gasteiger partial charge >= 0.3 is 0 Å². The monoisotopic (exact) mass is 220 g/mol. The first-order valence-electron chi connectivity index (χ1n) is 3.46. The summed E-state index contributed by atoms with van der Waals surface area (Å²) in [7, 11) is 0. The topological polar surface area (TPSA) is 55.1 Å². The number of halogens is 2. The van der Waals surface area contributed by atoms with E-state index in [9.17, 15) is 4.79 Å². The number of carbonyl (C=O) groups is 1. The molecule has 1 atom stereocenters. The Bertz CT molecular complexity index is 266. The maximum absolute atomic E-state index is 10.8. The van der Waals surface area contributed by atoms with E-state index < -0.39 is 11.3 Å². The summed E-state index contributed by atoms with van der Waals surface area (Å²) in [5, 5.41) is -0.510. The highest BCUT2D eigenvalue weighted by molar-refractivity contribution is 6.64. The van der Waals surface area contributed by atoms with Crippen LogP contribution < -0.4 is 11.3 Å². The van der Waals surface area contributed by atoms with Crippen LogP contribution in [0.5, 0.6) is 0 Å². The Kier molecular flexibility index (Phi) is 5.66. The molecule has 0 aliphatic heterocycles. The van der Waals surface area contributed by atoms with Gasteiger partial charge in [0, 0.05) is 0 Å². The number of benzene rings is 1. The third-order valence-electron chi connectivity index (χ3n) is 1.53. The Morgan fingerprint density at radius 2 is 1.92 bits per heavy atom. The molecule has 1 rings (SSSR count). The van der Waals surface area contributed by atoms with E-state index in [-0.39, 0.29) is 12.4 Å². The number of nitrogens with one attached hydrogen (secondary N) is 1. The number of hydrazine groups is 1. The van der Waals surface area contributed by atoms with Gasteiger partial charge < -0.3 is 0 Å². The van der Waals surface area contributed by atoms with E-state index in [1.807, 2.05) is 18.2 Å². The molecule has 5 heteroatoms. The lowest BCUT2D eigenvalue weighted by Gasteiger charge is -2.10. The molecule has 0 bridgehead atoms. The Morgan fingerprint density at radius 3 is 2.31 bits per heavy atom. The Labute approximate surface area is 87.6 Å². The average Bonchev–Trinajstić information content (AvgIpc) is 2.07. The molecular formula is C8H10Cl2N2O. The highest BCUT2D eigenvalue weighted by Gasteiger charge is 2.15. The standard InChI is InChI=1S/C8H9ClN2O.ClH/c9-8(12)7(11-10)6-4-2-1-3-5-6;/h1-5,7,11H,10H2;1H/t7-;/m1./s1. The molecule has 0 aromatic heterocycles. The van der Waals surface area contributed by atoms with Gasteiger partial charge in [0.15, 0.2) is 0 Å². The minimum atomic E-state index is -0.618. The first kappa shape index (κ1) is 12.4. The molecule has 0 spiro atoms. The molecule has 0 amide bonds. The molecule has 13 heavy (non-hydrogen) atoms. The van der Waals surface area contributed by atoms with Crippen LogP contribution in [0.25, 0.3) is 0 Å². The predicted molar refractivity (Wildman–Crippen MR) is 54.6 cm³/mol. The Hall–Kier alpha value is -0.610.